The van der Waals surface area contributed by atoms with Crippen LogP contribution in [-0.4, -0.2) is 60.4 Å². The maximum Gasteiger partial charge on any atom is 0.307 e. The van der Waals surface area contributed by atoms with Gasteiger partial charge in [0.15, 0.2) is 6.10 Å². The number of aromatic nitrogens is 2. The average molecular weight is 423 g/mol. The van der Waals surface area contributed by atoms with Gasteiger partial charge < -0.3 is 14.6 Å². The van der Waals surface area contributed by atoms with Crippen molar-refractivity contribution < 1.29 is 22.7 Å². The Morgan fingerprint density at radius 1 is 1.34 bits per heavy atom. The Morgan fingerprint density at radius 2 is 2.03 bits per heavy atom. The summed E-state index contributed by atoms with van der Waals surface area (Å²) in [6.45, 7) is 1.55. The summed E-state index contributed by atoms with van der Waals surface area (Å²) < 4.78 is 32.8. The first-order valence-electron chi connectivity index (χ1n) is 9.47. The number of amides is 1. The second-order valence-corrected chi connectivity index (χ2v) is 9.59. The Balaban J connectivity index is 1.66. The third-order valence-electron chi connectivity index (χ3n) is 4.88. The first-order chi connectivity index (χ1) is 13.6. The Morgan fingerprint density at radius 3 is 2.66 bits per heavy atom. The van der Waals surface area contributed by atoms with Gasteiger partial charge in [-0.1, -0.05) is 0 Å². The van der Waals surface area contributed by atoms with Crippen molar-refractivity contribution in [3.63, 3.8) is 0 Å². The van der Waals surface area contributed by atoms with E-state index in [2.05, 4.69) is 10.3 Å². The van der Waals surface area contributed by atoms with Gasteiger partial charge in [-0.3, -0.25) is 9.59 Å². The van der Waals surface area contributed by atoms with Crippen LogP contribution in [0.1, 0.15) is 32.0 Å². The average Bonchev–Trinajstić information content (AvgIpc) is 3.42. The lowest BCUT2D eigenvalue weighted by molar-refractivity contribution is -0.154. The molecule has 1 aromatic heterocycles. The van der Waals surface area contributed by atoms with Crippen LogP contribution in [0.15, 0.2) is 23.1 Å². The molecule has 1 amide bonds. The van der Waals surface area contributed by atoms with Gasteiger partial charge in [-0.2, -0.15) is 0 Å². The van der Waals surface area contributed by atoms with E-state index >= 15 is 0 Å². The van der Waals surface area contributed by atoms with Crippen LogP contribution in [0.25, 0.3) is 11.0 Å². The minimum atomic E-state index is -3.55. The fourth-order valence-electron chi connectivity index (χ4n) is 2.89. The second-order valence-electron chi connectivity index (χ2n) is 7.44. The minimum absolute atomic E-state index is 0.0705. The third-order valence-corrected chi connectivity index (χ3v) is 6.69. The summed E-state index contributed by atoms with van der Waals surface area (Å²) in [5.41, 5.74) is 1.30. The topological polar surface area (TPSA) is 111 Å². The summed E-state index contributed by atoms with van der Waals surface area (Å²) in [6, 6.07) is 4.98. The van der Waals surface area contributed by atoms with Crippen LogP contribution in [0.2, 0.25) is 0 Å². The van der Waals surface area contributed by atoms with E-state index in [1.165, 1.54) is 26.2 Å². The van der Waals surface area contributed by atoms with Crippen molar-refractivity contribution in [2.24, 2.45) is 7.05 Å². The van der Waals surface area contributed by atoms with Gasteiger partial charge in [-0.15, -0.1) is 0 Å². The fourth-order valence-corrected chi connectivity index (χ4v) is 3.82. The summed E-state index contributed by atoms with van der Waals surface area (Å²) >= 11 is 0. The van der Waals surface area contributed by atoms with Crippen molar-refractivity contribution in [1.29, 1.82) is 0 Å². The van der Waals surface area contributed by atoms with Gasteiger partial charge in [0, 0.05) is 33.6 Å². The number of rotatable bonds is 8. The molecule has 9 nitrogen and oxygen atoms in total. The molecule has 3 rings (SSSR count). The number of aryl methyl sites for hydroxylation is 2. The van der Waals surface area contributed by atoms with Crippen LogP contribution in [0.5, 0.6) is 0 Å². The third kappa shape index (κ3) is 4.76. The largest absolute Gasteiger partial charge is 0.453 e. The van der Waals surface area contributed by atoms with Crippen molar-refractivity contribution >= 4 is 32.9 Å². The molecule has 0 bridgehead atoms. The quantitative estimate of drug-likeness (QED) is 0.635. The van der Waals surface area contributed by atoms with Crippen LogP contribution < -0.4 is 5.32 Å². The number of ether oxygens (including phenoxy) is 1. The molecule has 10 heteroatoms. The number of imidazole rings is 1. The molecule has 1 aliphatic carbocycles. The fraction of sp³-hybridized carbons (Fsp3) is 0.526. The van der Waals surface area contributed by atoms with Crippen molar-refractivity contribution in [1.82, 2.24) is 19.2 Å². The number of nitrogens with one attached hydrogen (secondary N) is 1. The lowest BCUT2D eigenvalue weighted by atomic mass is 10.3. The van der Waals surface area contributed by atoms with Gasteiger partial charge in [0.2, 0.25) is 10.0 Å². The van der Waals surface area contributed by atoms with Gasteiger partial charge in [0.25, 0.3) is 5.91 Å². The van der Waals surface area contributed by atoms with E-state index in [1.807, 2.05) is 11.6 Å². The van der Waals surface area contributed by atoms with Gasteiger partial charge in [0.1, 0.15) is 5.82 Å². The molecule has 0 aliphatic heterocycles. The molecule has 0 spiro atoms. The van der Waals surface area contributed by atoms with Crippen LogP contribution in [-0.2, 0) is 37.8 Å². The predicted molar refractivity (Wildman–Crippen MR) is 107 cm³/mol. The van der Waals surface area contributed by atoms with Crippen molar-refractivity contribution in [2.75, 3.05) is 14.1 Å². The highest BCUT2D eigenvalue weighted by molar-refractivity contribution is 7.89. The van der Waals surface area contributed by atoms with E-state index in [0.29, 0.717) is 17.8 Å². The highest BCUT2D eigenvalue weighted by Gasteiger charge is 2.27. The van der Waals surface area contributed by atoms with Gasteiger partial charge in [0.05, 0.1) is 22.3 Å². The molecule has 1 saturated carbocycles. The van der Waals surface area contributed by atoms with Crippen LogP contribution >= 0.6 is 0 Å². The number of hydrogen-bond donors (Lipinski definition) is 1. The van der Waals surface area contributed by atoms with Gasteiger partial charge in [-0.05, 0) is 38.0 Å². The number of sulfonamides is 1. The molecule has 158 valence electrons. The lowest BCUT2D eigenvalue weighted by Crippen LogP contribution is -2.37. The summed E-state index contributed by atoms with van der Waals surface area (Å²) in [6.07, 6.45) is 1.49. The number of benzene rings is 1. The highest BCUT2D eigenvalue weighted by Crippen LogP contribution is 2.22. The van der Waals surface area contributed by atoms with Crippen LogP contribution in [0.4, 0.5) is 0 Å². The molecule has 1 N–H and O–H groups in total. The lowest BCUT2D eigenvalue weighted by Gasteiger charge is -2.13. The smallest absolute Gasteiger partial charge is 0.307 e. The van der Waals surface area contributed by atoms with Crippen LogP contribution in [0, 0.1) is 0 Å². The van der Waals surface area contributed by atoms with E-state index in [9.17, 15) is 18.0 Å². The Labute approximate surface area is 170 Å². The summed E-state index contributed by atoms with van der Waals surface area (Å²) in [5, 5.41) is 2.80. The first-order valence-corrected chi connectivity index (χ1v) is 10.9. The number of carbonyl (C=O) groups excluding carboxylic acids is 2. The van der Waals surface area contributed by atoms with Gasteiger partial charge in [-0.25, -0.2) is 17.7 Å². The van der Waals surface area contributed by atoms with E-state index in [4.69, 9.17) is 4.74 Å². The molecule has 2 aromatic rings. The molecule has 1 fully saturated rings. The molecule has 1 aromatic carbocycles. The Bertz CT molecular complexity index is 1040. The Hall–Kier alpha value is -2.46. The van der Waals surface area contributed by atoms with Crippen molar-refractivity contribution in [2.45, 2.75) is 49.6 Å². The number of fused-ring (bicyclic) bond motifs is 1. The number of esters is 1. The van der Waals surface area contributed by atoms with Crippen molar-refractivity contribution in [3.05, 3.63) is 24.0 Å². The van der Waals surface area contributed by atoms with Crippen LogP contribution in [0.3, 0.4) is 0 Å². The minimum Gasteiger partial charge on any atom is -0.453 e. The van der Waals surface area contributed by atoms with E-state index < -0.39 is 22.1 Å². The SMILES string of the molecule is CC(OC(=O)CCc1nc2cc(S(=O)(=O)N(C)C)ccc2n1C)C(=O)NC1CC1. The van der Waals surface area contributed by atoms with E-state index in [1.54, 1.807) is 13.0 Å². The normalized spacial score (nSPS) is 15.5. The Kier molecular flexibility index (Phi) is 5.95. The second kappa shape index (κ2) is 8.11. The molecule has 29 heavy (non-hydrogen) atoms. The molecule has 1 atom stereocenters. The molecular weight excluding hydrogens is 396 g/mol. The number of hydrogen-bond acceptors (Lipinski definition) is 6. The van der Waals surface area contributed by atoms with E-state index in [0.717, 1.165) is 22.7 Å². The molecule has 1 aliphatic rings. The molecule has 1 unspecified atom stereocenters. The maximum atomic E-state index is 12.3. The zero-order valence-electron chi connectivity index (χ0n) is 17.0. The summed E-state index contributed by atoms with van der Waals surface area (Å²) in [5.74, 6) is -0.129. The number of nitrogens with zero attached hydrogens (tertiary/aromatic N) is 3. The maximum absolute atomic E-state index is 12.3. The first kappa shape index (κ1) is 21.3. The standard InChI is InChI=1S/C19H26N4O5S/c1-12(19(25)20-13-5-6-13)28-18(24)10-9-17-21-15-11-14(29(26,27)22(2)3)7-8-16(15)23(17)4/h7-8,11-13H,5-6,9-10H2,1-4H3,(H,20,25). The van der Waals surface area contributed by atoms with E-state index in [-0.39, 0.29) is 23.3 Å². The monoisotopic (exact) mass is 422 g/mol. The van der Waals surface area contributed by atoms with Gasteiger partial charge >= 0.3 is 5.97 Å². The molecule has 0 saturated heterocycles. The molecular formula is C19H26N4O5S. The molecule has 1 heterocycles. The highest BCUT2D eigenvalue weighted by atomic mass is 32.2. The van der Waals surface area contributed by atoms with Crippen molar-refractivity contribution in [3.8, 4) is 0 Å². The summed E-state index contributed by atoms with van der Waals surface area (Å²) in [7, 11) is 1.20. The molecule has 0 radical (unpaired) electrons. The summed E-state index contributed by atoms with van der Waals surface area (Å²) in [4.78, 5) is 28.6. The zero-order chi connectivity index (χ0) is 21.3. The predicted octanol–water partition coefficient (Wildman–Crippen LogP) is 0.967. The number of carbonyl (C=O) groups is 2. The zero-order valence-corrected chi connectivity index (χ0v) is 17.8.